The molecule has 0 aromatic rings. The number of carbonyl (C=O) groups excluding carboxylic acids is 2. The van der Waals surface area contributed by atoms with Gasteiger partial charge in [-0.1, -0.05) is 37.3 Å². The monoisotopic (exact) mass is 665 g/mol. The molecular weight excluding hydrogens is 618 g/mol. The summed E-state index contributed by atoms with van der Waals surface area (Å²) >= 11 is 6.06. The number of allylic oxidation sites excluding steroid dienone is 1. The predicted octanol–water partition coefficient (Wildman–Crippen LogP) is 3.85. The Bertz CT molecular complexity index is 1280. The third-order valence-electron chi connectivity index (χ3n) is 10.3. The third-order valence-corrected chi connectivity index (χ3v) is 10.8. The molecule has 256 valence electrons. The SMILES string of the molecule is CO[C@@H]1/C=C(\C)C[C@H](/C=C/C#C[C@H]2C[C@@H]2Cl)OC(=O)[C@@H](C)[C@]2(O)C[C@H](O[C@@H]3O[C@@H](C)[C@@H]4NC(=O)O[C@@]4(C)[C@H]3OC)[C@@H](C)[C@@H](O2)[C@@H]1C. The number of rotatable bonds is 5. The van der Waals surface area contributed by atoms with Gasteiger partial charge in [0.1, 0.15) is 24.2 Å². The quantitative estimate of drug-likeness (QED) is 0.193. The largest absolute Gasteiger partial charge is 0.457 e. The van der Waals surface area contributed by atoms with Crippen LogP contribution < -0.4 is 5.32 Å². The lowest BCUT2D eigenvalue weighted by molar-refractivity contribution is -0.355. The van der Waals surface area contributed by atoms with Gasteiger partial charge in [-0.3, -0.25) is 4.79 Å². The molecule has 5 rings (SSSR count). The van der Waals surface area contributed by atoms with Gasteiger partial charge in [0.25, 0.3) is 0 Å². The summed E-state index contributed by atoms with van der Waals surface area (Å²) in [4.78, 5) is 25.9. The lowest BCUT2D eigenvalue weighted by Crippen LogP contribution is -2.67. The molecule has 2 bridgehead atoms. The lowest BCUT2D eigenvalue weighted by Gasteiger charge is -2.52. The number of fused-ring (bicyclic) bond motifs is 3. The molecule has 12 heteroatoms. The minimum Gasteiger partial charge on any atom is -0.457 e. The van der Waals surface area contributed by atoms with Crippen LogP contribution >= 0.6 is 11.6 Å². The number of hydrogen-bond acceptors (Lipinski definition) is 10. The minimum atomic E-state index is -1.94. The van der Waals surface area contributed by atoms with Gasteiger partial charge in [0.05, 0.1) is 24.4 Å². The van der Waals surface area contributed by atoms with Crippen molar-refractivity contribution in [2.24, 2.45) is 23.7 Å². The van der Waals surface area contributed by atoms with Crippen LogP contribution in [0, 0.1) is 35.5 Å². The summed E-state index contributed by atoms with van der Waals surface area (Å²) < 4.78 is 42.8. The summed E-state index contributed by atoms with van der Waals surface area (Å²) in [5.41, 5.74) is -0.0904. The number of ether oxygens (including phenoxy) is 7. The molecule has 0 aromatic heterocycles. The average molecular weight is 666 g/mol. The number of methoxy groups -OCH3 is 2. The van der Waals surface area contributed by atoms with Crippen LogP contribution in [0.25, 0.3) is 0 Å². The third kappa shape index (κ3) is 7.00. The second-order valence-electron chi connectivity index (χ2n) is 13.7. The first-order valence-corrected chi connectivity index (χ1v) is 16.6. The van der Waals surface area contributed by atoms with E-state index < -0.39 is 72.2 Å². The zero-order chi connectivity index (χ0) is 33.6. The molecule has 0 radical (unpaired) electrons. The first-order chi connectivity index (χ1) is 21.7. The van der Waals surface area contributed by atoms with E-state index in [0.717, 1.165) is 12.0 Å². The van der Waals surface area contributed by atoms with E-state index >= 15 is 0 Å². The Morgan fingerprint density at radius 3 is 2.52 bits per heavy atom. The van der Waals surface area contributed by atoms with Crippen LogP contribution in [0.1, 0.15) is 60.8 Å². The first-order valence-electron chi connectivity index (χ1n) is 16.2. The van der Waals surface area contributed by atoms with Gasteiger partial charge in [0.2, 0.25) is 0 Å². The van der Waals surface area contributed by atoms with Gasteiger partial charge in [-0.25, -0.2) is 4.79 Å². The van der Waals surface area contributed by atoms with Gasteiger partial charge < -0.3 is 43.6 Å². The molecular formula is C34H48ClNO10. The molecule has 2 N–H and O–H groups in total. The molecule has 46 heavy (non-hydrogen) atoms. The van der Waals surface area contributed by atoms with Crippen molar-refractivity contribution in [3.05, 3.63) is 23.8 Å². The second-order valence-corrected chi connectivity index (χ2v) is 14.3. The van der Waals surface area contributed by atoms with Gasteiger partial charge in [-0.15, -0.1) is 11.6 Å². The minimum absolute atomic E-state index is 0.0456. The van der Waals surface area contributed by atoms with Gasteiger partial charge >= 0.3 is 12.1 Å². The molecule has 15 atom stereocenters. The second kappa shape index (κ2) is 13.7. The van der Waals surface area contributed by atoms with Crippen LogP contribution in [-0.4, -0.2) is 97.1 Å². The molecule has 11 nitrogen and oxygen atoms in total. The molecule has 4 aliphatic heterocycles. The van der Waals surface area contributed by atoms with Crippen molar-refractivity contribution < 1.29 is 47.9 Å². The molecule has 0 aromatic carbocycles. The van der Waals surface area contributed by atoms with E-state index in [1.807, 2.05) is 33.8 Å². The maximum Gasteiger partial charge on any atom is 0.408 e. The van der Waals surface area contributed by atoms with Gasteiger partial charge in [0.15, 0.2) is 17.7 Å². The van der Waals surface area contributed by atoms with Crippen LogP contribution in [-0.2, 0) is 38.0 Å². The summed E-state index contributed by atoms with van der Waals surface area (Å²) in [5, 5.41) is 15.0. The van der Waals surface area contributed by atoms with E-state index in [1.165, 1.54) is 7.11 Å². The van der Waals surface area contributed by atoms with E-state index in [9.17, 15) is 14.7 Å². The highest BCUT2D eigenvalue weighted by Gasteiger charge is 2.62. The number of halogens is 1. The van der Waals surface area contributed by atoms with Gasteiger partial charge in [0, 0.05) is 50.2 Å². The fourth-order valence-corrected chi connectivity index (χ4v) is 7.50. The van der Waals surface area contributed by atoms with Crippen LogP contribution in [0.3, 0.4) is 0 Å². The van der Waals surface area contributed by atoms with Gasteiger partial charge in [-0.05, 0) is 46.3 Å². The van der Waals surface area contributed by atoms with E-state index in [-0.39, 0.29) is 35.7 Å². The number of nitrogens with one attached hydrogen (secondary N) is 1. The Morgan fingerprint density at radius 1 is 1.15 bits per heavy atom. The average Bonchev–Trinajstić information content (AvgIpc) is 3.60. The van der Waals surface area contributed by atoms with Crippen molar-refractivity contribution in [3.63, 3.8) is 0 Å². The van der Waals surface area contributed by atoms with Crippen molar-refractivity contribution >= 4 is 23.7 Å². The molecule has 3 saturated heterocycles. The van der Waals surface area contributed by atoms with Crippen molar-refractivity contribution in [2.75, 3.05) is 14.2 Å². The predicted molar refractivity (Wildman–Crippen MR) is 167 cm³/mol. The van der Waals surface area contributed by atoms with E-state index in [1.54, 1.807) is 33.1 Å². The standard InChI is InChI=1S/C34H48ClNO10/c1-17-13-23(12-10-9-11-22-15-24(22)35)43-30(37)20(4)34(39)16-26(19(3)27(45-34)18(2)25(14-17)40-7)44-31-29(41-8)33(6)28(21(5)42-31)36-32(38)46-33/h10,12,14,18-29,31,39H,13,15-16H2,1-8H3,(H,36,38)/b12-10+,17-14+/t18-,19-,20-,21+,22+,23+,24+,25-,26+,27+,28+,29+,31+,33-,34+/m1/s1. The highest BCUT2D eigenvalue weighted by atomic mass is 35.5. The lowest BCUT2D eigenvalue weighted by atomic mass is 9.77. The molecule has 1 aliphatic carbocycles. The Hall–Kier alpha value is -2.17. The number of esters is 1. The molecule has 4 fully saturated rings. The Balaban J connectivity index is 1.44. The highest BCUT2D eigenvalue weighted by molar-refractivity contribution is 6.22. The molecule has 0 spiro atoms. The van der Waals surface area contributed by atoms with Crippen molar-refractivity contribution in [1.82, 2.24) is 5.32 Å². The van der Waals surface area contributed by atoms with Crippen LogP contribution in [0.5, 0.6) is 0 Å². The summed E-state index contributed by atoms with van der Waals surface area (Å²) in [5.74, 6) is 2.17. The Labute approximate surface area is 276 Å². The number of carbonyl (C=O) groups is 2. The van der Waals surface area contributed by atoms with Crippen molar-refractivity contribution in [3.8, 4) is 11.8 Å². The summed E-state index contributed by atoms with van der Waals surface area (Å²) in [6.45, 7) is 11.2. The zero-order valence-electron chi connectivity index (χ0n) is 27.9. The first kappa shape index (κ1) is 35.1. The molecule has 0 unspecified atom stereocenters. The fourth-order valence-electron chi connectivity index (χ4n) is 7.24. The molecule has 1 saturated carbocycles. The maximum atomic E-state index is 13.6. The highest BCUT2D eigenvalue weighted by Crippen LogP contribution is 2.45. The number of cyclic esters (lactones) is 1. The Kier molecular flexibility index (Phi) is 10.5. The molecule has 5 aliphatic rings. The van der Waals surface area contributed by atoms with Crippen molar-refractivity contribution in [2.45, 2.75) is 127 Å². The summed E-state index contributed by atoms with van der Waals surface area (Å²) in [7, 11) is 3.14. The normalized spacial score (nSPS) is 48.7. The molecule has 1 amide bonds. The number of alkyl halides is 1. The topological polar surface area (TPSA) is 131 Å². The maximum absolute atomic E-state index is 13.6. The fraction of sp³-hybridized carbons (Fsp3) is 0.765. The number of amides is 1. The van der Waals surface area contributed by atoms with Crippen LogP contribution in [0.15, 0.2) is 23.8 Å². The van der Waals surface area contributed by atoms with Crippen LogP contribution in [0.4, 0.5) is 4.79 Å². The number of aliphatic hydroxyl groups is 1. The van der Waals surface area contributed by atoms with Gasteiger partial charge in [-0.2, -0.15) is 0 Å². The molecule has 4 heterocycles. The van der Waals surface area contributed by atoms with E-state index in [0.29, 0.717) is 6.42 Å². The summed E-state index contributed by atoms with van der Waals surface area (Å²) in [6.07, 6.45) is 1.77. The smallest absolute Gasteiger partial charge is 0.408 e. The van der Waals surface area contributed by atoms with E-state index in [4.69, 9.17) is 44.8 Å². The number of alkyl carbamates (subject to hydrolysis) is 1. The Morgan fingerprint density at radius 2 is 1.87 bits per heavy atom. The zero-order valence-corrected chi connectivity index (χ0v) is 28.6. The van der Waals surface area contributed by atoms with Crippen molar-refractivity contribution in [1.29, 1.82) is 0 Å². The van der Waals surface area contributed by atoms with E-state index in [2.05, 4.69) is 17.2 Å². The summed E-state index contributed by atoms with van der Waals surface area (Å²) in [6, 6.07) is -0.446. The number of hydrogen-bond donors (Lipinski definition) is 2. The van der Waals surface area contributed by atoms with Crippen LogP contribution in [0.2, 0.25) is 0 Å².